The number of benzene rings is 2. The van der Waals surface area contributed by atoms with Gasteiger partial charge in [-0.05, 0) is 73.9 Å². The molecule has 4 N–H and O–H groups in total. The van der Waals surface area contributed by atoms with E-state index in [1.807, 2.05) is 4.90 Å². The maximum atomic E-state index is 14.9. The van der Waals surface area contributed by atoms with Gasteiger partial charge in [0.1, 0.15) is 11.9 Å². The molecule has 2 fully saturated rings. The summed E-state index contributed by atoms with van der Waals surface area (Å²) in [5, 5.41) is 12.5. The number of rotatable bonds is 8. The summed E-state index contributed by atoms with van der Waals surface area (Å²) in [5.41, 5.74) is 5.58. The number of hydrogen-bond donors (Lipinski definition) is 3. The van der Waals surface area contributed by atoms with Crippen molar-refractivity contribution >= 4 is 29.3 Å². The fraction of sp³-hybridized carbons (Fsp3) is 0.433. The lowest BCUT2D eigenvalue weighted by Crippen LogP contribution is -2.41. The van der Waals surface area contributed by atoms with Crippen LogP contribution in [0.5, 0.6) is 11.6 Å². The number of hydrogen-bond acceptors (Lipinski definition) is 8. The highest BCUT2D eigenvalue weighted by Crippen LogP contribution is 2.44. The third-order valence-corrected chi connectivity index (χ3v) is 8.19. The van der Waals surface area contributed by atoms with E-state index in [-0.39, 0.29) is 44.9 Å². The summed E-state index contributed by atoms with van der Waals surface area (Å²) in [6.45, 7) is 5.02. The lowest BCUT2D eigenvalue weighted by atomic mass is 9.76. The summed E-state index contributed by atoms with van der Waals surface area (Å²) < 4.78 is 69.6. The van der Waals surface area contributed by atoms with Gasteiger partial charge >= 0.3 is 12.1 Å². The Hall–Kier alpha value is -3.84. The van der Waals surface area contributed by atoms with Crippen molar-refractivity contribution < 1.29 is 36.9 Å². The van der Waals surface area contributed by atoms with Crippen molar-refractivity contribution in [1.29, 1.82) is 0 Å². The highest BCUT2D eigenvalue weighted by Gasteiger charge is 2.46. The monoisotopic (exact) mass is 637 g/mol. The number of anilines is 2. The van der Waals surface area contributed by atoms with E-state index in [0.717, 1.165) is 6.07 Å². The number of nitrogens with zero attached hydrogens (tertiary/aromatic N) is 3. The van der Waals surface area contributed by atoms with E-state index in [2.05, 4.69) is 15.3 Å². The van der Waals surface area contributed by atoms with Crippen LogP contribution < -0.4 is 25.4 Å². The number of nitrogens with one attached hydrogen (secondary N) is 1. The molecule has 3 heterocycles. The summed E-state index contributed by atoms with van der Waals surface area (Å²) in [4.78, 5) is 21.4. The van der Waals surface area contributed by atoms with E-state index >= 15 is 0 Å². The average Bonchev–Trinajstić information content (AvgIpc) is 3.36. The molecule has 2 atom stereocenters. The summed E-state index contributed by atoms with van der Waals surface area (Å²) >= 11 is 6.17. The van der Waals surface area contributed by atoms with Crippen LogP contribution in [0.4, 0.5) is 29.3 Å². The van der Waals surface area contributed by atoms with E-state index < -0.39 is 36.0 Å². The van der Waals surface area contributed by atoms with Crippen molar-refractivity contribution in [3.05, 3.63) is 58.9 Å². The molecule has 0 amide bonds. The highest BCUT2D eigenvalue weighted by atomic mass is 35.5. The van der Waals surface area contributed by atoms with Gasteiger partial charge in [0.25, 0.3) is 0 Å². The molecule has 0 aliphatic carbocycles. The number of aliphatic carboxylic acids is 1. The molecular weight excluding hydrogens is 606 g/mol. The van der Waals surface area contributed by atoms with Gasteiger partial charge in [-0.15, -0.1) is 0 Å². The predicted molar refractivity (Wildman–Crippen MR) is 156 cm³/mol. The molecule has 14 heteroatoms. The first kappa shape index (κ1) is 31.6. The fourth-order valence-electron chi connectivity index (χ4n) is 5.79. The molecule has 44 heavy (non-hydrogen) atoms. The molecule has 0 bridgehead atoms. The zero-order chi connectivity index (χ0) is 31.8. The Bertz CT molecular complexity index is 1530. The molecule has 2 aliphatic heterocycles. The van der Waals surface area contributed by atoms with Gasteiger partial charge in [0.2, 0.25) is 17.9 Å². The third kappa shape index (κ3) is 6.94. The molecule has 9 nitrogen and oxygen atoms in total. The van der Waals surface area contributed by atoms with Crippen LogP contribution in [0, 0.1) is 11.2 Å². The van der Waals surface area contributed by atoms with E-state index in [1.54, 1.807) is 13.8 Å². The minimum atomic E-state index is -4.91. The Labute approximate surface area is 256 Å². The summed E-state index contributed by atoms with van der Waals surface area (Å²) in [7, 11) is 0. The molecule has 5 rings (SSSR count). The van der Waals surface area contributed by atoms with Crippen LogP contribution in [-0.2, 0) is 4.79 Å². The molecule has 1 aromatic heterocycles. The van der Waals surface area contributed by atoms with Crippen LogP contribution in [0.15, 0.2) is 42.5 Å². The fourth-order valence-corrected chi connectivity index (χ4v) is 5.96. The lowest BCUT2D eigenvalue weighted by Gasteiger charge is -2.39. The van der Waals surface area contributed by atoms with E-state index in [1.165, 1.54) is 36.4 Å². The van der Waals surface area contributed by atoms with Gasteiger partial charge in [-0.3, -0.25) is 4.79 Å². The third-order valence-electron chi connectivity index (χ3n) is 7.95. The van der Waals surface area contributed by atoms with Gasteiger partial charge in [-0.25, -0.2) is 4.39 Å². The number of carboxylic acid groups (broad SMARTS) is 1. The number of carboxylic acids is 1. The Morgan fingerprint density at radius 1 is 1.14 bits per heavy atom. The minimum absolute atomic E-state index is 0.0169. The molecule has 1 spiro atoms. The number of alkyl halides is 3. The number of halogens is 5. The van der Waals surface area contributed by atoms with E-state index in [0.29, 0.717) is 44.7 Å². The van der Waals surface area contributed by atoms with Crippen molar-refractivity contribution in [3.8, 4) is 22.8 Å². The molecule has 2 unspecified atom stereocenters. The average molecular weight is 638 g/mol. The van der Waals surface area contributed by atoms with Gasteiger partial charge in [-0.2, -0.15) is 23.1 Å². The molecular formula is C30H32ClF4N5O4. The van der Waals surface area contributed by atoms with Crippen LogP contribution in [-0.4, -0.2) is 59.0 Å². The van der Waals surface area contributed by atoms with Gasteiger partial charge < -0.3 is 30.5 Å². The number of ether oxygens (including phenoxy) is 2. The first-order chi connectivity index (χ1) is 20.7. The Morgan fingerprint density at radius 2 is 1.86 bits per heavy atom. The van der Waals surface area contributed by atoms with Gasteiger partial charge in [0, 0.05) is 36.3 Å². The van der Waals surface area contributed by atoms with Crippen molar-refractivity contribution in [1.82, 2.24) is 15.3 Å². The molecule has 2 aromatic carbocycles. The minimum Gasteiger partial charge on any atom is -0.488 e. The predicted octanol–water partition coefficient (Wildman–Crippen LogP) is 6.02. The van der Waals surface area contributed by atoms with Crippen LogP contribution in [0.3, 0.4) is 0 Å². The highest BCUT2D eigenvalue weighted by molar-refractivity contribution is 6.30. The van der Waals surface area contributed by atoms with E-state index in [4.69, 9.17) is 26.8 Å². The standard InChI is InChI=1S/C30H32ClF4N5O4/c1-16(2)43-23-6-3-17(11-21(23)32)20-12-18(31)4-5-19(20)26(30(33,34)35)44-25-13-24(38-28(36)39-25)40-9-7-29(8-10-40)14-22(27(41)42)37-15-29/h3-6,11-13,16,22,26,37H,7-10,14-15H2,1-2H3,(H,41,42)(H2,36,38,39). The van der Waals surface area contributed by atoms with Crippen LogP contribution in [0.2, 0.25) is 5.02 Å². The summed E-state index contributed by atoms with van der Waals surface area (Å²) in [5.74, 6) is -2.03. The number of nitrogen functional groups attached to an aromatic ring is 1. The second-order valence-electron chi connectivity index (χ2n) is 11.5. The zero-order valence-electron chi connectivity index (χ0n) is 24.0. The van der Waals surface area contributed by atoms with Crippen molar-refractivity contribution in [2.75, 3.05) is 30.3 Å². The van der Waals surface area contributed by atoms with Crippen LogP contribution in [0.1, 0.15) is 44.8 Å². The summed E-state index contributed by atoms with van der Waals surface area (Å²) in [6.07, 6.45) is -5.88. The summed E-state index contributed by atoms with van der Waals surface area (Å²) in [6, 6.07) is 8.38. The maximum Gasteiger partial charge on any atom is 0.429 e. The zero-order valence-corrected chi connectivity index (χ0v) is 24.8. The van der Waals surface area contributed by atoms with Crippen molar-refractivity contribution in [2.24, 2.45) is 5.41 Å². The number of carbonyl (C=O) groups is 1. The number of aromatic nitrogens is 2. The quantitative estimate of drug-likeness (QED) is 0.254. The van der Waals surface area contributed by atoms with Crippen LogP contribution >= 0.6 is 11.6 Å². The van der Waals surface area contributed by atoms with E-state index in [9.17, 15) is 27.5 Å². The molecule has 0 saturated carbocycles. The van der Waals surface area contributed by atoms with Gasteiger partial charge in [0.05, 0.1) is 6.10 Å². The maximum absolute atomic E-state index is 14.9. The lowest BCUT2D eigenvalue weighted by molar-refractivity contribution is -0.198. The number of piperidine rings is 1. The molecule has 236 valence electrons. The molecule has 3 aromatic rings. The van der Waals surface area contributed by atoms with Gasteiger partial charge in [0.15, 0.2) is 11.6 Å². The van der Waals surface area contributed by atoms with Crippen molar-refractivity contribution in [3.63, 3.8) is 0 Å². The molecule has 2 saturated heterocycles. The number of nitrogens with two attached hydrogens (primary N) is 1. The van der Waals surface area contributed by atoms with Crippen LogP contribution in [0.25, 0.3) is 11.1 Å². The largest absolute Gasteiger partial charge is 0.488 e. The normalized spacial score (nSPS) is 18.9. The first-order valence-corrected chi connectivity index (χ1v) is 14.5. The Kier molecular flexibility index (Phi) is 8.81. The van der Waals surface area contributed by atoms with Gasteiger partial charge in [-0.1, -0.05) is 23.7 Å². The second kappa shape index (κ2) is 12.3. The SMILES string of the molecule is CC(C)Oc1ccc(-c2cc(Cl)ccc2C(Oc2cc(N3CCC4(CC3)CNC(C(=O)O)C4)nc(N)n2)C(F)(F)F)cc1F. The van der Waals surface area contributed by atoms with Crippen molar-refractivity contribution in [2.45, 2.75) is 57.5 Å². The first-order valence-electron chi connectivity index (χ1n) is 14.1. The Morgan fingerprint density at radius 3 is 2.48 bits per heavy atom. The smallest absolute Gasteiger partial charge is 0.429 e. The molecule has 0 radical (unpaired) electrons. The molecule has 2 aliphatic rings. The Balaban J connectivity index is 1.42. The second-order valence-corrected chi connectivity index (χ2v) is 11.9. The topological polar surface area (TPSA) is 123 Å².